The van der Waals surface area contributed by atoms with Gasteiger partial charge in [-0.25, -0.2) is 0 Å². The number of nitrogens with one attached hydrogen (secondary N) is 1. The van der Waals surface area contributed by atoms with Gasteiger partial charge in [-0.15, -0.1) is 0 Å². The van der Waals surface area contributed by atoms with E-state index in [1.54, 1.807) is 0 Å². The van der Waals surface area contributed by atoms with Crippen LogP contribution in [0.3, 0.4) is 0 Å². The van der Waals surface area contributed by atoms with E-state index in [1.165, 1.54) is 32.1 Å². The Balaban J connectivity index is 2.13. The molecule has 0 bridgehead atoms. The SMILES string of the molecule is CCC1CCCCC1OCCCCC(C)(CO)NC. The summed E-state index contributed by atoms with van der Waals surface area (Å²) in [6, 6.07) is 0. The molecule has 0 aromatic heterocycles. The Labute approximate surface area is 119 Å². The molecule has 1 saturated carbocycles. The summed E-state index contributed by atoms with van der Waals surface area (Å²) in [5.74, 6) is 0.786. The van der Waals surface area contributed by atoms with Gasteiger partial charge in [0.15, 0.2) is 0 Å². The predicted octanol–water partition coefficient (Wildman–Crippen LogP) is 3.11. The second-order valence-electron chi connectivity index (χ2n) is 6.29. The van der Waals surface area contributed by atoms with Crippen molar-refractivity contribution in [2.45, 2.75) is 76.9 Å². The smallest absolute Gasteiger partial charge is 0.0610 e. The summed E-state index contributed by atoms with van der Waals surface area (Å²) in [6.07, 6.45) is 10.3. The Bertz CT molecular complexity index is 229. The third kappa shape index (κ3) is 5.80. The van der Waals surface area contributed by atoms with E-state index in [9.17, 15) is 5.11 Å². The maximum atomic E-state index is 9.32. The Hall–Kier alpha value is -0.120. The summed E-state index contributed by atoms with van der Waals surface area (Å²) in [5, 5.41) is 12.5. The third-order valence-electron chi connectivity index (χ3n) is 4.77. The van der Waals surface area contributed by atoms with E-state index in [4.69, 9.17) is 4.74 Å². The molecule has 3 heteroatoms. The summed E-state index contributed by atoms with van der Waals surface area (Å²) in [7, 11) is 1.92. The zero-order chi connectivity index (χ0) is 14.1. The maximum Gasteiger partial charge on any atom is 0.0610 e. The van der Waals surface area contributed by atoms with Gasteiger partial charge in [-0.2, -0.15) is 0 Å². The summed E-state index contributed by atoms with van der Waals surface area (Å²) >= 11 is 0. The van der Waals surface area contributed by atoms with Crippen molar-refractivity contribution in [3.8, 4) is 0 Å². The summed E-state index contributed by atoms with van der Waals surface area (Å²) < 4.78 is 6.09. The van der Waals surface area contributed by atoms with Crippen molar-refractivity contribution in [2.24, 2.45) is 5.92 Å². The molecular formula is C16H33NO2. The zero-order valence-electron chi connectivity index (χ0n) is 13.1. The molecule has 0 spiro atoms. The zero-order valence-corrected chi connectivity index (χ0v) is 13.1. The minimum atomic E-state index is -0.128. The van der Waals surface area contributed by atoms with Crippen molar-refractivity contribution in [3.05, 3.63) is 0 Å². The van der Waals surface area contributed by atoms with Gasteiger partial charge in [0.2, 0.25) is 0 Å². The number of ether oxygens (including phenoxy) is 1. The first-order chi connectivity index (χ1) is 9.15. The lowest BCUT2D eigenvalue weighted by atomic mass is 9.85. The second kappa shape index (κ2) is 8.93. The fraction of sp³-hybridized carbons (Fsp3) is 1.00. The molecular weight excluding hydrogens is 238 g/mol. The lowest BCUT2D eigenvalue weighted by molar-refractivity contribution is -0.0141. The average molecular weight is 271 g/mol. The molecule has 3 nitrogen and oxygen atoms in total. The Morgan fingerprint density at radius 1 is 1.26 bits per heavy atom. The molecule has 2 N–H and O–H groups in total. The van der Waals surface area contributed by atoms with E-state index >= 15 is 0 Å². The van der Waals surface area contributed by atoms with Crippen LogP contribution in [0.15, 0.2) is 0 Å². The highest BCUT2D eigenvalue weighted by Crippen LogP contribution is 2.29. The summed E-state index contributed by atoms with van der Waals surface area (Å²) in [4.78, 5) is 0. The van der Waals surface area contributed by atoms with Crippen LogP contribution in [0.1, 0.15) is 65.2 Å². The number of aliphatic hydroxyl groups excluding tert-OH is 1. The molecule has 1 rings (SSSR count). The standard InChI is InChI=1S/C16H33NO2/c1-4-14-9-5-6-10-15(14)19-12-8-7-11-16(2,13-18)17-3/h14-15,17-18H,4-13H2,1-3H3. The van der Waals surface area contributed by atoms with Gasteiger partial charge in [-0.3, -0.25) is 0 Å². The normalized spacial score (nSPS) is 27.2. The lowest BCUT2D eigenvalue weighted by Crippen LogP contribution is -2.43. The van der Waals surface area contributed by atoms with Gasteiger partial charge in [0.1, 0.15) is 0 Å². The monoisotopic (exact) mass is 271 g/mol. The summed E-state index contributed by atoms with van der Waals surface area (Å²) in [6.45, 7) is 5.44. The van der Waals surface area contributed by atoms with Crippen molar-refractivity contribution >= 4 is 0 Å². The number of rotatable bonds is 9. The van der Waals surface area contributed by atoms with Crippen LogP contribution in [-0.4, -0.2) is 37.0 Å². The first kappa shape index (κ1) is 16.9. The number of hydrogen-bond donors (Lipinski definition) is 2. The molecule has 1 aliphatic rings. The van der Waals surface area contributed by atoms with Crippen LogP contribution in [0, 0.1) is 5.92 Å². The van der Waals surface area contributed by atoms with Gasteiger partial charge in [-0.05, 0) is 52.0 Å². The van der Waals surface area contributed by atoms with E-state index in [-0.39, 0.29) is 12.1 Å². The summed E-state index contributed by atoms with van der Waals surface area (Å²) in [5.41, 5.74) is -0.128. The number of unbranched alkanes of at least 4 members (excludes halogenated alkanes) is 1. The molecule has 19 heavy (non-hydrogen) atoms. The van der Waals surface area contributed by atoms with Crippen LogP contribution in [-0.2, 0) is 4.74 Å². The van der Waals surface area contributed by atoms with Crippen LogP contribution in [0.4, 0.5) is 0 Å². The van der Waals surface area contributed by atoms with Crippen LogP contribution in [0.5, 0.6) is 0 Å². The molecule has 114 valence electrons. The van der Waals surface area contributed by atoms with E-state index in [0.29, 0.717) is 6.10 Å². The second-order valence-corrected chi connectivity index (χ2v) is 6.29. The van der Waals surface area contributed by atoms with E-state index < -0.39 is 0 Å². The quantitative estimate of drug-likeness (QED) is 0.633. The Morgan fingerprint density at radius 2 is 2.00 bits per heavy atom. The van der Waals surface area contributed by atoms with Crippen molar-refractivity contribution < 1.29 is 9.84 Å². The maximum absolute atomic E-state index is 9.32. The van der Waals surface area contributed by atoms with E-state index in [2.05, 4.69) is 19.2 Å². The minimum Gasteiger partial charge on any atom is -0.394 e. The van der Waals surface area contributed by atoms with Gasteiger partial charge in [0.25, 0.3) is 0 Å². The van der Waals surface area contributed by atoms with Crippen LogP contribution < -0.4 is 5.32 Å². The highest BCUT2D eigenvalue weighted by atomic mass is 16.5. The highest BCUT2D eigenvalue weighted by Gasteiger charge is 2.24. The molecule has 3 unspecified atom stereocenters. The van der Waals surface area contributed by atoms with E-state index in [1.807, 2.05) is 7.05 Å². The van der Waals surface area contributed by atoms with Crippen LogP contribution in [0.25, 0.3) is 0 Å². The first-order valence-electron chi connectivity index (χ1n) is 8.06. The molecule has 0 aromatic rings. The first-order valence-corrected chi connectivity index (χ1v) is 8.06. The van der Waals surface area contributed by atoms with Gasteiger partial charge in [-0.1, -0.05) is 26.2 Å². The van der Waals surface area contributed by atoms with E-state index in [0.717, 1.165) is 31.8 Å². The molecule has 0 saturated heterocycles. The van der Waals surface area contributed by atoms with Crippen LogP contribution in [0.2, 0.25) is 0 Å². The van der Waals surface area contributed by atoms with Crippen molar-refractivity contribution in [1.82, 2.24) is 5.32 Å². The predicted molar refractivity (Wildman–Crippen MR) is 80.4 cm³/mol. The lowest BCUT2D eigenvalue weighted by Gasteiger charge is -2.31. The number of hydrogen-bond acceptors (Lipinski definition) is 3. The molecule has 3 atom stereocenters. The van der Waals surface area contributed by atoms with Gasteiger partial charge >= 0.3 is 0 Å². The molecule has 0 heterocycles. The highest BCUT2D eigenvalue weighted by molar-refractivity contribution is 4.80. The third-order valence-corrected chi connectivity index (χ3v) is 4.77. The molecule has 0 aliphatic heterocycles. The Kier molecular flexibility index (Phi) is 7.96. The minimum absolute atomic E-state index is 0.128. The number of aliphatic hydroxyl groups is 1. The largest absolute Gasteiger partial charge is 0.394 e. The fourth-order valence-corrected chi connectivity index (χ4v) is 3.00. The van der Waals surface area contributed by atoms with Gasteiger partial charge in [0.05, 0.1) is 12.7 Å². The van der Waals surface area contributed by atoms with Crippen molar-refractivity contribution in [1.29, 1.82) is 0 Å². The molecule has 1 fully saturated rings. The van der Waals surface area contributed by atoms with Gasteiger partial charge in [0, 0.05) is 12.1 Å². The average Bonchev–Trinajstić information content (AvgIpc) is 2.47. The molecule has 0 radical (unpaired) electrons. The topological polar surface area (TPSA) is 41.5 Å². The fourth-order valence-electron chi connectivity index (χ4n) is 3.00. The Morgan fingerprint density at radius 3 is 2.63 bits per heavy atom. The van der Waals surface area contributed by atoms with Gasteiger partial charge < -0.3 is 15.2 Å². The molecule has 1 aliphatic carbocycles. The van der Waals surface area contributed by atoms with Crippen molar-refractivity contribution in [3.63, 3.8) is 0 Å². The molecule has 0 amide bonds. The number of likely N-dealkylation sites (N-methyl/N-ethyl adjacent to an activating group) is 1. The van der Waals surface area contributed by atoms with Crippen molar-refractivity contribution in [2.75, 3.05) is 20.3 Å². The van der Waals surface area contributed by atoms with Crippen LogP contribution >= 0.6 is 0 Å². The molecule has 0 aromatic carbocycles.